The third kappa shape index (κ3) is 4.76. The summed E-state index contributed by atoms with van der Waals surface area (Å²) in [5.74, 6) is -2.07. The van der Waals surface area contributed by atoms with E-state index in [9.17, 15) is 27.9 Å². The molecule has 0 unspecified atom stereocenters. The van der Waals surface area contributed by atoms with E-state index in [4.69, 9.17) is 0 Å². The number of carbonyl (C=O) groups excluding carboxylic acids is 2. The van der Waals surface area contributed by atoms with Gasteiger partial charge in [0.2, 0.25) is 5.91 Å². The summed E-state index contributed by atoms with van der Waals surface area (Å²) in [6.45, 7) is 0. The quantitative estimate of drug-likeness (QED) is 0.839. The lowest BCUT2D eigenvalue weighted by molar-refractivity contribution is -0.255. The average molecular weight is 354 g/mol. The molecule has 8 heteroatoms. The minimum Gasteiger partial charge on any atom is -0.545 e. The molecule has 0 aliphatic carbocycles. The van der Waals surface area contributed by atoms with E-state index in [0.717, 1.165) is 23.9 Å². The zero-order valence-electron chi connectivity index (χ0n) is 12.1. The zero-order valence-corrected chi connectivity index (χ0v) is 12.9. The van der Waals surface area contributed by atoms with Gasteiger partial charge in [-0.2, -0.15) is 13.2 Å². The van der Waals surface area contributed by atoms with Crippen molar-refractivity contribution in [3.05, 3.63) is 59.7 Å². The molecular weight excluding hydrogens is 343 g/mol. The Kier molecular flexibility index (Phi) is 5.50. The van der Waals surface area contributed by atoms with Crippen molar-refractivity contribution < 1.29 is 27.9 Å². The van der Waals surface area contributed by atoms with Crippen LogP contribution < -0.4 is 10.4 Å². The smallest absolute Gasteiger partial charge is 0.416 e. The summed E-state index contributed by atoms with van der Waals surface area (Å²) >= 11 is 0.957. The van der Waals surface area contributed by atoms with Crippen molar-refractivity contribution in [2.75, 3.05) is 11.1 Å². The van der Waals surface area contributed by atoms with Crippen molar-refractivity contribution in [2.45, 2.75) is 11.1 Å². The van der Waals surface area contributed by atoms with Crippen LogP contribution in [-0.4, -0.2) is 17.6 Å². The highest BCUT2D eigenvalue weighted by Crippen LogP contribution is 2.30. The Morgan fingerprint density at radius 3 is 2.46 bits per heavy atom. The van der Waals surface area contributed by atoms with Crippen LogP contribution in [0.3, 0.4) is 0 Å². The molecule has 0 heterocycles. The van der Waals surface area contributed by atoms with Gasteiger partial charge in [0, 0.05) is 16.1 Å². The minimum absolute atomic E-state index is 0.0172. The standard InChI is InChI=1S/C16H12F3NO3S/c17-16(18,19)10-4-3-5-11(8-10)20-14(21)9-24-13-7-2-1-6-12(13)15(22)23/h1-8H,9H2,(H,20,21)(H,22,23)/p-1. The van der Waals surface area contributed by atoms with Gasteiger partial charge < -0.3 is 15.2 Å². The number of carboxylic acid groups (broad SMARTS) is 1. The molecule has 4 nitrogen and oxygen atoms in total. The van der Waals surface area contributed by atoms with Gasteiger partial charge in [-0.15, -0.1) is 11.8 Å². The van der Waals surface area contributed by atoms with Gasteiger partial charge in [0.05, 0.1) is 17.3 Å². The number of carboxylic acids is 1. The summed E-state index contributed by atoms with van der Waals surface area (Å²) in [4.78, 5) is 23.2. The van der Waals surface area contributed by atoms with Crippen molar-refractivity contribution in [3.63, 3.8) is 0 Å². The van der Waals surface area contributed by atoms with E-state index in [1.54, 1.807) is 6.07 Å². The highest BCUT2D eigenvalue weighted by molar-refractivity contribution is 8.00. The van der Waals surface area contributed by atoms with Crippen LogP contribution in [0.2, 0.25) is 0 Å². The fourth-order valence-corrected chi connectivity index (χ4v) is 2.72. The molecule has 0 aliphatic heterocycles. The number of nitrogens with one attached hydrogen (secondary N) is 1. The Hall–Kier alpha value is -2.48. The topological polar surface area (TPSA) is 69.2 Å². The summed E-state index contributed by atoms with van der Waals surface area (Å²) in [6, 6.07) is 10.3. The summed E-state index contributed by atoms with van der Waals surface area (Å²) in [6.07, 6.45) is -4.50. The lowest BCUT2D eigenvalue weighted by Gasteiger charge is -2.11. The van der Waals surface area contributed by atoms with Crippen molar-refractivity contribution >= 4 is 29.3 Å². The van der Waals surface area contributed by atoms with E-state index in [2.05, 4.69) is 5.32 Å². The van der Waals surface area contributed by atoms with E-state index in [-0.39, 0.29) is 17.0 Å². The molecule has 0 saturated carbocycles. The van der Waals surface area contributed by atoms with Gasteiger partial charge in [-0.1, -0.05) is 24.3 Å². The number of rotatable bonds is 5. The second-order valence-electron chi connectivity index (χ2n) is 4.70. The van der Waals surface area contributed by atoms with Gasteiger partial charge in [0.15, 0.2) is 0 Å². The van der Waals surface area contributed by atoms with Gasteiger partial charge in [-0.3, -0.25) is 4.79 Å². The van der Waals surface area contributed by atoms with Crippen molar-refractivity contribution in [3.8, 4) is 0 Å². The number of anilines is 1. The molecule has 2 rings (SSSR count). The first-order chi connectivity index (χ1) is 11.3. The molecule has 1 N–H and O–H groups in total. The Balaban J connectivity index is 2.01. The molecule has 126 valence electrons. The van der Waals surface area contributed by atoms with Crippen molar-refractivity contribution in [1.82, 2.24) is 0 Å². The van der Waals surface area contributed by atoms with Crippen LogP contribution in [0.25, 0.3) is 0 Å². The van der Waals surface area contributed by atoms with Crippen molar-refractivity contribution in [2.24, 2.45) is 0 Å². The molecule has 24 heavy (non-hydrogen) atoms. The summed E-state index contributed by atoms with van der Waals surface area (Å²) in [5, 5.41) is 13.3. The van der Waals surface area contributed by atoms with Crippen LogP contribution in [0, 0.1) is 0 Å². The van der Waals surface area contributed by atoms with Gasteiger partial charge in [-0.05, 0) is 24.3 Å². The predicted octanol–water partition coefficient (Wildman–Crippen LogP) is 2.80. The van der Waals surface area contributed by atoms with Gasteiger partial charge in [-0.25, -0.2) is 0 Å². The zero-order chi connectivity index (χ0) is 17.7. The average Bonchev–Trinajstić information content (AvgIpc) is 2.52. The normalized spacial score (nSPS) is 11.1. The lowest BCUT2D eigenvalue weighted by Crippen LogP contribution is -2.23. The predicted molar refractivity (Wildman–Crippen MR) is 81.6 cm³/mol. The second-order valence-corrected chi connectivity index (χ2v) is 5.72. The lowest BCUT2D eigenvalue weighted by atomic mass is 10.2. The molecular formula is C16H11F3NO3S-. The summed E-state index contributed by atoms with van der Waals surface area (Å²) < 4.78 is 37.8. The van der Waals surface area contributed by atoms with Gasteiger partial charge in [0.25, 0.3) is 0 Å². The molecule has 0 aromatic heterocycles. The van der Waals surface area contributed by atoms with E-state index >= 15 is 0 Å². The number of benzene rings is 2. The molecule has 0 atom stereocenters. The molecule has 2 aromatic carbocycles. The molecule has 0 radical (unpaired) electrons. The SMILES string of the molecule is O=C(CSc1ccccc1C(=O)[O-])Nc1cccc(C(F)(F)F)c1. The van der Waals surface area contributed by atoms with E-state index in [1.807, 2.05) is 0 Å². The molecule has 0 aliphatic rings. The van der Waals surface area contributed by atoms with E-state index in [1.165, 1.54) is 30.3 Å². The number of hydrogen-bond acceptors (Lipinski definition) is 4. The van der Waals surface area contributed by atoms with Crippen LogP contribution in [0.1, 0.15) is 15.9 Å². The highest BCUT2D eigenvalue weighted by Gasteiger charge is 2.30. The van der Waals surface area contributed by atoms with Crippen LogP contribution in [0.5, 0.6) is 0 Å². The first-order valence-electron chi connectivity index (χ1n) is 6.67. The van der Waals surface area contributed by atoms with Crippen LogP contribution in [0.15, 0.2) is 53.4 Å². The maximum absolute atomic E-state index is 12.6. The number of thioether (sulfide) groups is 1. The molecule has 0 bridgehead atoms. The Morgan fingerprint density at radius 1 is 1.08 bits per heavy atom. The van der Waals surface area contributed by atoms with Crippen LogP contribution in [-0.2, 0) is 11.0 Å². The highest BCUT2D eigenvalue weighted by atomic mass is 32.2. The van der Waals surface area contributed by atoms with Gasteiger partial charge in [0.1, 0.15) is 0 Å². The number of carbonyl (C=O) groups is 2. The Bertz CT molecular complexity index is 762. The third-order valence-electron chi connectivity index (χ3n) is 2.94. The van der Waals surface area contributed by atoms with Crippen LogP contribution in [0.4, 0.5) is 18.9 Å². The molecule has 0 saturated heterocycles. The number of halogens is 3. The summed E-state index contributed by atoms with van der Waals surface area (Å²) in [5.41, 5.74) is -0.895. The number of amides is 1. The van der Waals surface area contributed by atoms with E-state index < -0.39 is 23.6 Å². The second kappa shape index (κ2) is 7.39. The fraction of sp³-hybridized carbons (Fsp3) is 0.125. The number of hydrogen-bond donors (Lipinski definition) is 1. The molecule has 0 spiro atoms. The summed E-state index contributed by atoms with van der Waals surface area (Å²) in [7, 11) is 0. The largest absolute Gasteiger partial charge is 0.545 e. The molecule has 2 aromatic rings. The Morgan fingerprint density at radius 2 is 1.79 bits per heavy atom. The number of aromatic carboxylic acids is 1. The fourth-order valence-electron chi connectivity index (χ4n) is 1.87. The molecule has 0 fully saturated rings. The minimum atomic E-state index is -4.50. The maximum Gasteiger partial charge on any atom is 0.416 e. The first kappa shape index (κ1) is 17.9. The third-order valence-corrected chi connectivity index (χ3v) is 4.01. The van der Waals surface area contributed by atoms with Crippen molar-refractivity contribution in [1.29, 1.82) is 0 Å². The molecule has 1 amide bonds. The van der Waals surface area contributed by atoms with Gasteiger partial charge >= 0.3 is 6.18 Å². The van der Waals surface area contributed by atoms with Crippen LogP contribution >= 0.6 is 11.8 Å². The number of alkyl halides is 3. The first-order valence-corrected chi connectivity index (χ1v) is 7.66. The maximum atomic E-state index is 12.6. The van der Waals surface area contributed by atoms with E-state index in [0.29, 0.717) is 4.90 Å². The Labute approximate surface area is 139 Å². The monoisotopic (exact) mass is 354 g/mol.